The van der Waals surface area contributed by atoms with Gasteiger partial charge in [-0.05, 0) is 81.5 Å². The Morgan fingerprint density at radius 2 is 1.61 bits per heavy atom. The highest BCUT2D eigenvalue weighted by atomic mass is 35.5. The number of amides is 2. The van der Waals surface area contributed by atoms with Crippen molar-refractivity contribution in [2.75, 3.05) is 10.8 Å². The molecular formula is C32H38ClN3O4S. The van der Waals surface area contributed by atoms with Gasteiger partial charge in [-0.3, -0.25) is 13.9 Å². The summed E-state index contributed by atoms with van der Waals surface area (Å²) in [4.78, 5) is 29.1. The van der Waals surface area contributed by atoms with Crippen molar-refractivity contribution in [3.63, 3.8) is 0 Å². The lowest BCUT2D eigenvalue weighted by Gasteiger charge is -2.33. The number of anilines is 1. The molecule has 0 aliphatic heterocycles. The van der Waals surface area contributed by atoms with Crippen molar-refractivity contribution in [2.45, 2.75) is 76.9 Å². The minimum absolute atomic E-state index is 0.0627. The number of carbonyl (C=O) groups excluding carboxylic acids is 2. The van der Waals surface area contributed by atoms with E-state index in [0.717, 1.165) is 46.7 Å². The highest BCUT2D eigenvalue weighted by molar-refractivity contribution is 7.92. The van der Waals surface area contributed by atoms with Crippen LogP contribution in [0.15, 0.2) is 71.6 Å². The summed E-state index contributed by atoms with van der Waals surface area (Å²) in [6, 6.07) is 18.4. The molecule has 1 fully saturated rings. The first-order chi connectivity index (χ1) is 19.5. The van der Waals surface area contributed by atoms with Gasteiger partial charge in [-0.1, -0.05) is 72.5 Å². The number of carbonyl (C=O) groups is 2. The van der Waals surface area contributed by atoms with E-state index in [-0.39, 0.29) is 23.4 Å². The molecule has 7 nitrogen and oxygen atoms in total. The molecule has 0 aromatic heterocycles. The fraction of sp³-hybridized carbons (Fsp3) is 0.375. The SMILES string of the molecule is Cc1ccc(S(=O)(=O)N(CC(=O)N(Cc2ccccc2C)[C@@H](C)C(=O)NC2CCCC2)c2cc(Cl)ccc2C)cc1. The van der Waals surface area contributed by atoms with Crippen molar-refractivity contribution in [3.05, 3.63) is 94.0 Å². The molecule has 0 spiro atoms. The number of hydrogen-bond acceptors (Lipinski definition) is 4. The Balaban J connectivity index is 1.73. The van der Waals surface area contributed by atoms with Gasteiger partial charge in [0.1, 0.15) is 12.6 Å². The van der Waals surface area contributed by atoms with Crippen LogP contribution in [0.4, 0.5) is 5.69 Å². The van der Waals surface area contributed by atoms with Crippen LogP contribution in [0.25, 0.3) is 0 Å². The molecule has 1 aliphatic carbocycles. The maximum absolute atomic E-state index is 14.2. The summed E-state index contributed by atoms with van der Waals surface area (Å²) in [5.41, 5.74) is 3.73. The second-order valence-corrected chi connectivity index (χ2v) is 13.2. The summed E-state index contributed by atoms with van der Waals surface area (Å²) in [5, 5.41) is 3.45. The van der Waals surface area contributed by atoms with E-state index in [0.29, 0.717) is 16.3 Å². The van der Waals surface area contributed by atoms with Crippen LogP contribution in [0, 0.1) is 20.8 Å². The average Bonchev–Trinajstić information content (AvgIpc) is 3.45. The van der Waals surface area contributed by atoms with Crippen LogP contribution in [0.3, 0.4) is 0 Å². The third kappa shape index (κ3) is 7.29. The predicted octanol–water partition coefficient (Wildman–Crippen LogP) is 5.94. The van der Waals surface area contributed by atoms with E-state index in [1.807, 2.05) is 38.1 Å². The topological polar surface area (TPSA) is 86.8 Å². The number of rotatable bonds is 10. The summed E-state index contributed by atoms with van der Waals surface area (Å²) in [6.45, 7) is 6.97. The normalized spacial score (nSPS) is 14.5. The van der Waals surface area contributed by atoms with E-state index in [2.05, 4.69) is 5.32 Å². The average molecular weight is 596 g/mol. The van der Waals surface area contributed by atoms with Crippen molar-refractivity contribution in [1.82, 2.24) is 10.2 Å². The highest BCUT2D eigenvalue weighted by Gasteiger charge is 2.34. The van der Waals surface area contributed by atoms with E-state index >= 15 is 0 Å². The van der Waals surface area contributed by atoms with Gasteiger partial charge in [-0.25, -0.2) is 8.42 Å². The van der Waals surface area contributed by atoms with Crippen LogP contribution < -0.4 is 9.62 Å². The monoisotopic (exact) mass is 595 g/mol. The lowest BCUT2D eigenvalue weighted by atomic mass is 10.1. The Labute approximate surface area is 248 Å². The van der Waals surface area contributed by atoms with E-state index in [9.17, 15) is 18.0 Å². The molecule has 0 saturated heterocycles. The quantitative estimate of drug-likeness (QED) is 0.314. The van der Waals surface area contributed by atoms with Crippen LogP contribution in [0.5, 0.6) is 0 Å². The van der Waals surface area contributed by atoms with Gasteiger partial charge in [-0.15, -0.1) is 0 Å². The van der Waals surface area contributed by atoms with Gasteiger partial charge >= 0.3 is 0 Å². The van der Waals surface area contributed by atoms with Gasteiger partial charge in [0.2, 0.25) is 11.8 Å². The Bertz CT molecular complexity index is 1500. The van der Waals surface area contributed by atoms with Crippen LogP contribution in [0.1, 0.15) is 54.9 Å². The molecular weight excluding hydrogens is 558 g/mol. The largest absolute Gasteiger partial charge is 0.352 e. The number of hydrogen-bond donors (Lipinski definition) is 1. The molecule has 3 aromatic carbocycles. The molecule has 218 valence electrons. The summed E-state index contributed by atoms with van der Waals surface area (Å²) < 4.78 is 29.2. The Morgan fingerprint density at radius 1 is 0.951 bits per heavy atom. The molecule has 2 amide bonds. The van der Waals surface area contributed by atoms with Crippen LogP contribution in [-0.2, 0) is 26.2 Å². The molecule has 0 unspecified atom stereocenters. The first-order valence-electron chi connectivity index (χ1n) is 14.0. The predicted molar refractivity (Wildman–Crippen MR) is 163 cm³/mol. The summed E-state index contributed by atoms with van der Waals surface area (Å²) in [5.74, 6) is -0.733. The second-order valence-electron chi connectivity index (χ2n) is 10.9. The lowest BCUT2D eigenvalue weighted by molar-refractivity contribution is -0.139. The standard InChI is InChI=1S/C32H38ClN3O4S/c1-22-13-17-29(18-14-22)41(39,40)36(30-19-27(33)16-15-24(30)3)21-31(37)35(20-26-10-6-5-9-23(26)2)25(4)32(38)34-28-11-7-8-12-28/h5-6,9-10,13-19,25,28H,7-8,11-12,20-21H2,1-4H3,(H,34,38)/t25-/m0/s1. The van der Waals surface area contributed by atoms with E-state index < -0.39 is 28.5 Å². The molecule has 1 N–H and O–H groups in total. The third-order valence-electron chi connectivity index (χ3n) is 7.80. The van der Waals surface area contributed by atoms with Crippen molar-refractivity contribution in [1.29, 1.82) is 0 Å². The van der Waals surface area contributed by atoms with Crippen LogP contribution >= 0.6 is 11.6 Å². The lowest BCUT2D eigenvalue weighted by Crippen LogP contribution is -2.52. The van der Waals surface area contributed by atoms with Crippen LogP contribution in [0.2, 0.25) is 5.02 Å². The highest BCUT2D eigenvalue weighted by Crippen LogP contribution is 2.30. The first kappa shape index (κ1) is 30.6. The minimum atomic E-state index is -4.16. The number of sulfonamides is 1. The molecule has 3 aromatic rings. The zero-order valence-electron chi connectivity index (χ0n) is 24.1. The molecule has 1 aliphatic rings. The molecule has 4 rings (SSSR count). The third-order valence-corrected chi connectivity index (χ3v) is 9.81. The second kappa shape index (κ2) is 13.1. The molecule has 1 atom stereocenters. The van der Waals surface area contributed by atoms with Crippen LogP contribution in [-0.4, -0.2) is 43.8 Å². The fourth-order valence-corrected chi connectivity index (χ4v) is 6.78. The van der Waals surface area contributed by atoms with Crippen molar-refractivity contribution < 1.29 is 18.0 Å². The maximum atomic E-state index is 14.2. The number of benzene rings is 3. The summed E-state index contributed by atoms with van der Waals surface area (Å²) in [7, 11) is -4.16. The van der Waals surface area contributed by atoms with E-state index in [4.69, 9.17) is 11.6 Å². The Hall–Kier alpha value is -3.36. The molecule has 9 heteroatoms. The molecule has 1 saturated carbocycles. The van der Waals surface area contributed by atoms with Gasteiger partial charge in [0.05, 0.1) is 10.6 Å². The van der Waals surface area contributed by atoms with Crippen molar-refractivity contribution >= 4 is 39.1 Å². The Kier molecular flexibility index (Phi) is 9.76. The minimum Gasteiger partial charge on any atom is -0.352 e. The zero-order valence-corrected chi connectivity index (χ0v) is 25.6. The van der Waals surface area contributed by atoms with Gasteiger partial charge < -0.3 is 10.2 Å². The smallest absolute Gasteiger partial charge is 0.264 e. The summed E-state index contributed by atoms with van der Waals surface area (Å²) >= 11 is 6.30. The van der Waals surface area contributed by atoms with Gasteiger partial charge in [0.15, 0.2) is 0 Å². The zero-order chi connectivity index (χ0) is 29.7. The van der Waals surface area contributed by atoms with Crippen molar-refractivity contribution in [2.24, 2.45) is 0 Å². The summed E-state index contributed by atoms with van der Waals surface area (Å²) in [6.07, 6.45) is 3.97. The maximum Gasteiger partial charge on any atom is 0.264 e. The van der Waals surface area contributed by atoms with Gasteiger partial charge in [0, 0.05) is 17.6 Å². The number of halogens is 1. The molecule has 41 heavy (non-hydrogen) atoms. The number of nitrogens with zero attached hydrogens (tertiary/aromatic N) is 2. The van der Waals surface area contributed by atoms with E-state index in [1.165, 1.54) is 17.0 Å². The van der Waals surface area contributed by atoms with E-state index in [1.54, 1.807) is 44.2 Å². The first-order valence-corrected chi connectivity index (χ1v) is 15.8. The molecule has 0 bridgehead atoms. The number of nitrogens with one attached hydrogen (secondary N) is 1. The molecule has 0 heterocycles. The number of aryl methyl sites for hydroxylation is 3. The van der Waals surface area contributed by atoms with Gasteiger partial charge in [-0.2, -0.15) is 0 Å². The fourth-order valence-electron chi connectivity index (χ4n) is 5.15. The Morgan fingerprint density at radius 3 is 2.27 bits per heavy atom. The van der Waals surface area contributed by atoms with Crippen molar-refractivity contribution in [3.8, 4) is 0 Å². The molecule has 0 radical (unpaired) electrons. The van der Waals surface area contributed by atoms with Gasteiger partial charge in [0.25, 0.3) is 10.0 Å².